The van der Waals surface area contributed by atoms with E-state index in [1.54, 1.807) is 32.4 Å². The van der Waals surface area contributed by atoms with Crippen molar-refractivity contribution in [3.63, 3.8) is 0 Å². The van der Waals surface area contributed by atoms with Crippen LogP contribution in [0.25, 0.3) is 5.57 Å². The lowest BCUT2D eigenvalue weighted by Crippen LogP contribution is -2.38. The second-order valence-corrected chi connectivity index (χ2v) is 6.94. The third-order valence-corrected chi connectivity index (χ3v) is 4.95. The van der Waals surface area contributed by atoms with Gasteiger partial charge in [0.05, 0.1) is 25.5 Å². The SMILES string of the molecule is COc1ccc(OC)c(NC2=C(c3cccs3)C(=O)N(C(C)C)C2=O)c1. The average molecular weight is 372 g/mol. The molecule has 6 nitrogen and oxygen atoms in total. The number of benzene rings is 1. The monoisotopic (exact) mass is 372 g/mol. The van der Waals surface area contributed by atoms with Gasteiger partial charge in [-0.05, 0) is 37.4 Å². The predicted octanol–water partition coefficient (Wildman–Crippen LogP) is 3.37. The number of carbonyl (C=O) groups is 2. The Hall–Kier alpha value is -2.80. The molecule has 0 saturated carbocycles. The molecule has 0 unspecified atom stereocenters. The summed E-state index contributed by atoms with van der Waals surface area (Å²) in [5.74, 6) is 0.520. The molecule has 0 saturated heterocycles. The number of methoxy groups -OCH3 is 2. The molecule has 0 bridgehead atoms. The summed E-state index contributed by atoms with van der Waals surface area (Å²) >= 11 is 1.42. The van der Waals surface area contributed by atoms with E-state index in [1.165, 1.54) is 16.2 Å². The number of hydrogen-bond acceptors (Lipinski definition) is 6. The Balaban J connectivity index is 2.11. The van der Waals surface area contributed by atoms with Gasteiger partial charge >= 0.3 is 0 Å². The molecule has 1 aromatic heterocycles. The number of ether oxygens (including phenoxy) is 2. The summed E-state index contributed by atoms with van der Waals surface area (Å²) in [4.78, 5) is 27.8. The summed E-state index contributed by atoms with van der Waals surface area (Å²) in [7, 11) is 3.11. The second kappa shape index (κ2) is 7.21. The highest BCUT2D eigenvalue weighted by Crippen LogP contribution is 2.36. The molecule has 0 atom stereocenters. The Bertz CT molecular complexity index is 872. The maximum absolute atomic E-state index is 12.9. The Morgan fingerprint density at radius 1 is 1.08 bits per heavy atom. The number of thiophene rings is 1. The minimum absolute atomic E-state index is 0.239. The molecule has 1 aromatic carbocycles. The zero-order valence-corrected chi connectivity index (χ0v) is 15.8. The minimum atomic E-state index is -0.349. The van der Waals surface area contributed by atoms with Crippen LogP contribution in [0.15, 0.2) is 41.4 Å². The van der Waals surface area contributed by atoms with E-state index >= 15 is 0 Å². The Morgan fingerprint density at radius 2 is 1.85 bits per heavy atom. The van der Waals surface area contributed by atoms with E-state index < -0.39 is 0 Å². The number of amides is 2. The predicted molar refractivity (Wildman–Crippen MR) is 101 cm³/mol. The number of hydrogen-bond donors (Lipinski definition) is 1. The van der Waals surface area contributed by atoms with Crippen molar-refractivity contribution in [1.29, 1.82) is 0 Å². The van der Waals surface area contributed by atoms with Crippen molar-refractivity contribution in [3.8, 4) is 11.5 Å². The van der Waals surface area contributed by atoms with Crippen molar-refractivity contribution in [1.82, 2.24) is 4.90 Å². The normalized spacial score (nSPS) is 14.4. The highest BCUT2D eigenvalue weighted by Gasteiger charge is 2.41. The van der Waals surface area contributed by atoms with E-state index in [0.717, 1.165) is 4.88 Å². The minimum Gasteiger partial charge on any atom is -0.497 e. The van der Waals surface area contributed by atoms with Crippen LogP contribution in [-0.2, 0) is 9.59 Å². The molecule has 0 radical (unpaired) electrons. The van der Waals surface area contributed by atoms with Crippen LogP contribution in [0.1, 0.15) is 18.7 Å². The molecule has 2 heterocycles. The van der Waals surface area contributed by atoms with Gasteiger partial charge in [-0.1, -0.05) is 6.07 Å². The van der Waals surface area contributed by atoms with Crippen LogP contribution in [0, 0.1) is 0 Å². The summed E-state index contributed by atoms with van der Waals surface area (Å²) < 4.78 is 10.6. The third-order valence-electron chi connectivity index (χ3n) is 4.07. The topological polar surface area (TPSA) is 67.9 Å². The van der Waals surface area contributed by atoms with Crippen LogP contribution in [0.5, 0.6) is 11.5 Å². The van der Waals surface area contributed by atoms with Crippen LogP contribution in [-0.4, -0.2) is 37.0 Å². The lowest BCUT2D eigenvalue weighted by Gasteiger charge is -2.19. The van der Waals surface area contributed by atoms with Crippen LogP contribution < -0.4 is 14.8 Å². The van der Waals surface area contributed by atoms with Crippen molar-refractivity contribution in [2.24, 2.45) is 0 Å². The van der Waals surface area contributed by atoms with Gasteiger partial charge in [0, 0.05) is 17.0 Å². The van der Waals surface area contributed by atoms with Crippen molar-refractivity contribution in [2.75, 3.05) is 19.5 Å². The zero-order chi connectivity index (χ0) is 18.8. The first-order chi connectivity index (χ1) is 12.5. The second-order valence-electron chi connectivity index (χ2n) is 5.99. The molecule has 136 valence electrons. The Labute approximate surface area is 156 Å². The lowest BCUT2D eigenvalue weighted by atomic mass is 10.1. The van der Waals surface area contributed by atoms with E-state index in [2.05, 4.69) is 5.32 Å². The van der Waals surface area contributed by atoms with Crippen LogP contribution in [0.2, 0.25) is 0 Å². The fourth-order valence-corrected chi connectivity index (χ4v) is 3.60. The Morgan fingerprint density at radius 3 is 2.42 bits per heavy atom. The summed E-state index contributed by atoms with van der Waals surface area (Å²) in [5.41, 5.74) is 1.18. The largest absolute Gasteiger partial charge is 0.497 e. The van der Waals surface area contributed by atoms with E-state index in [9.17, 15) is 9.59 Å². The van der Waals surface area contributed by atoms with Gasteiger partial charge in [0.2, 0.25) is 0 Å². The highest BCUT2D eigenvalue weighted by atomic mass is 32.1. The summed E-state index contributed by atoms with van der Waals surface area (Å²) in [6.07, 6.45) is 0. The summed E-state index contributed by atoms with van der Waals surface area (Å²) in [6, 6.07) is 8.69. The highest BCUT2D eigenvalue weighted by molar-refractivity contribution is 7.11. The van der Waals surface area contributed by atoms with Crippen LogP contribution >= 0.6 is 11.3 Å². The van der Waals surface area contributed by atoms with Gasteiger partial charge in [-0.3, -0.25) is 14.5 Å². The maximum atomic E-state index is 12.9. The molecule has 1 N–H and O–H groups in total. The first-order valence-corrected chi connectivity index (χ1v) is 9.01. The first-order valence-electron chi connectivity index (χ1n) is 8.13. The molecule has 0 fully saturated rings. The first kappa shape index (κ1) is 18.0. The van der Waals surface area contributed by atoms with Crippen molar-refractivity contribution >= 4 is 34.4 Å². The number of nitrogens with zero attached hydrogens (tertiary/aromatic N) is 1. The molecular formula is C19H20N2O4S. The number of carbonyl (C=O) groups excluding carboxylic acids is 2. The molecular weight excluding hydrogens is 352 g/mol. The molecule has 3 rings (SSSR count). The molecule has 0 aliphatic carbocycles. The average Bonchev–Trinajstić information content (AvgIpc) is 3.22. The lowest BCUT2D eigenvalue weighted by molar-refractivity contribution is -0.138. The quantitative estimate of drug-likeness (QED) is 0.788. The molecule has 1 aliphatic heterocycles. The molecule has 0 spiro atoms. The third kappa shape index (κ3) is 3.06. The standard InChI is InChI=1S/C19H20N2O4S/c1-11(2)21-18(22)16(15-6-5-9-26-15)17(19(21)23)20-13-10-12(24-3)7-8-14(13)25-4/h5-11,20H,1-4H3. The number of anilines is 1. The van der Waals surface area contributed by atoms with E-state index in [4.69, 9.17) is 9.47 Å². The fourth-order valence-electron chi connectivity index (χ4n) is 2.83. The number of nitrogens with one attached hydrogen (secondary N) is 1. The molecule has 2 aromatic rings. The van der Waals surface area contributed by atoms with Gasteiger partial charge in [0.1, 0.15) is 17.2 Å². The smallest absolute Gasteiger partial charge is 0.278 e. The van der Waals surface area contributed by atoms with Crippen LogP contribution in [0.3, 0.4) is 0 Å². The van der Waals surface area contributed by atoms with E-state index in [-0.39, 0.29) is 23.6 Å². The zero-order valence-electron chi connectivity index (χ0n) is 15.0. The van der Waals surface area contributed by atoms with Gasteiger partial charge in [-0.15, -0.1) is 11.3 Å². The molecule has 2 amide bonds. The molecule has 7 heteroatoms. The van der Waals surface area contributed by atoms with Gasteiger partial charge in [0.25, 0.3) is 11.8 Å². The van der Waals surface area contributed by atoms with Gasteiger partial charge in [-0.2, -0.15) is 0 Å². The van der Waals surface area contributed by atoms with Crippen molar-refractivity contribution < 1.29 is 19.1 Å². The van der Waals surface area contributed by atoms with Crippen molar-refractivity contribution in [2.45, 2.75) is 19.9 Å². The molecule has 26 heavy (non-hydrogen) atoms. The van der Waals surface area contributed by atoms with Crippen molar-refractivity contribution in [3.05, 3.63) is 46.3 Å². The van der Waals surface area contributed by atoms with Gasteiger partial charge in [0.15, 0.2) is 0 Å². The number of rotatable bonds is 6. The fraction of sp³-hybridized carbons (Fsp3) is 0.263. The maximum Gasteiger partial charge on any atom is 0.278 e. The van der Waals surface area contributed by atoms with Gasteiger partial charge < -0.3 is 14.8 Å². The van der Waals surface area contributed by atoms with Crippen LogP contribution in [0.4, 0.5) is 5.69 Å². The van der Waals surface area contributed by atoms with E-state index in [1.807, 2.05) is 31.4 Å². The Kier molecular flexibility index (Phi) is 4.99. The summed E-state index contributed by atoms with van der Waals surface area (Å²) in [5, 5.41) is 4.98. The summed E-state index contributed by atoms with van der Waals surface area (Å²) in [6.45, 7) is 3.63. The van der Waals surface area contributed by atoms with Gasteiger partial charge in [-0.25, -0.2) is 0 Å². The molecule has 1 aliphatic rings. The number of imide groups is 1. The van der Waals surface area contributed by atoms with E-state index in [0.29, 0.717) is 22.8 Å².